The van der Waals surface area contributed by atoms with Crippen LogP contribution in [0.1, 0.15) is 27.2 Å². The number of ether oxygens (including phenoxy) is 2. The third kappa shape index (κ3) is 2.62. The maximum absolute atomic E-state index is 11.5. The summed E-state index contributed by atoms with van der Waals surface area (Å²) in [5, 5.41) is 0. The van der Waals surface area contributed by atoms with Gasteiger partial charge in [-0.3, -0.25) is 9.59 Å². The fraction of sp³-hybridized carbons (Fsp3) is 0.800. The second kappa shape index (κ2) is 3.67. The van der Waals surface area contributed by atoms with E-state index in [4.69, 9.17) is 16.3 Å². The Morgan fingerprint density at radius 1 is 1.40 bits per heavy atom. The molecule has 5 heteroatoms. The van der Waals surface area contributed by atoms with Crippen LogP contribution < -0.4 is 0 Å². The first-order chi connectivity index (χ1) is 6.70. The summed E-state index contributed by atoms with van der Waals surface area (Å²) in [5.74, 6) is -1.59. The lowest BCUT2D eigenvalue weighted by molar-refractivity contribution is -0.158. The molecule has 1 saturated carbocycles. The van der Waals surface area contributed by atoms with Crippen molar-refractivity contribution in [1.29, 1.82) is 0 Å². The summed E-state index contributed by atoms with van der Waals surface area (Å²) in [6.45, 7) is 5.30. The van der Waals surface area contributed by atoms with Crippen LogP contribution in [0.4, 0.5) is 0 Å². The SMILES string of the molecule is COC(=O)C1(Cl)CC1C(=O)OC(C)(C)C. The Labute approximate surface area is 93.9 Å². The van der Waals surface area contributed by atoms with Crippen LogP contribution in [0.25, 0.3) is 0 Å². The van der Waals surface area contributed by atoms with E-state index in [1.807, 2.05) is 0 Å². The molecular weight excluding hydrogens is 220 g/mol. The highest BCUT2D eigenvalue weighted by Crippen LogP contribution is 2.51. The average molecular weight is 235 g/mol. The maximum atomic E-state index is 11.5. The number of carbonyl (C=O) groups is 2. The molecule has 0 aliphatic heterocycles. The van der Waals surface area contributed by atoms with E-state index >= 15 is 0 Å². The van der Waals surface area contributed by atoms with Gasteiger partial charge in [0.15, 0.2) is 4.87 Å². The molecule has 0 heterocycles. The molecule has 0 aromatic heterocycles. The van der Waals surface area contributed by atoms with Crippen LogP contribution in [0.15, 0.2) is 0 Å². The van der Waals surface area contributed by atoms with E-state index in [2.05, 4.69) is 4.74 Å². The van der Waals surface area contributed by atoms with E-state index in [1.54, 1.807) is 20.8 Å². The molecule has 0 N–H and O–H groups in total. The van der Waals surface area contributed by atoms with E-state index in [1.165, 1.54) is 7.11 Å². The number of esters is 2. The van der Waals surface area contributed by atoms with Gasteiger partial charge in [0, 0.05) is 0 Å². The number of halogens is 1. The smallest absolute Gasteiger partial charge is 0.327 e. The van der Waals surface area contributed by atoms with Crippen molar-refractivity contribution in [1.82, 2.24) is 0 Å². The second-order valence-corrected chi connectivity index (χ2v) is 5.32. The number of hydrogen-bond acceptors (Lipinski definition) is 4. The van der Waals surface area contributed by atoms with Crippen LogP contribution in [0.3, 0.4) is 0 Å². The number of alkyl halides is 1. The van der Waals surface area contributed by atoms with Crippen LogP contribution >= 0.6 is 11.6 Å². The molecule has 15 heavy (non-hydrogen) atoms. The summed E-state index contributed by atoms with van der Waals surface area (Å²) in [5.41, 5.74) is -0.562. The largest absolute Gasteiger partial charge is 0.468 e. The van der Waals surface area contributed by atoms with Gasteiger partial charge in [-0.1, -0.05) is 0 Å². The van der Waals surface area contributed by atoms with Gasteiger partial charge >= 0.3 is 11.9 Å². The average Bonchev–Trinajstić information content (AvgIpc) is 2.75. The zero-order valence-corrected chi connectivity index (χ0v) is 10.1. The Morgan fingerprint density at radius 2 is 1.93 bits per heavy atom. The van der Waals surface area contributed by atoms with Gasteiger partial charge in [-0.05, 0) is 27.2 Å². The highest BCUT2D eigenvalue weighted by Gasteiger charge is 2.65. The van der Waals surface area contributed by atoms with Gasteiger partial charge in [0.25, 0.3) is 0 Å². The molecule has 1 aliphatic carbocycles. The molecule has 4 nitrogen and oxygen atoms in total. The molecule has 0 saturated heterocycles. The number of carbonyl (C=O) groups excluding carboxylic acids is 2. The van der Waals surface area contributed by atoms with Crippen molar-refractivity contribution in [3.05, 3.63) is 0 Å². The molecule has 2 unspecified atom stereocenters. The van der Waals surface area contributed by atoms with Gasteiger partial charge in [0.05, 0.1) is 13.0 Å². The quantitative estimate of drug-likeness (QED) is 0.537. The van der Waals surface area contributed by atoms with E-state index in [9.17, 15) is 9.59 Å². The summed E-state index contributed by atoms with van der Waals surface area (Å²) < 4.78 is 9.63. The molecule has 1 aliphatic rings. The summed E-state index contributed by atoms with van der Waals surface area (Å²) in [6, 6.07) is 0. The zero-order chi connectivity index (χ0) is 11.9. The van der Waals surface area contributed by atoms with E-state index in [0.29, 0.717) is 0 Å². The highest BCUT2D eigenvalue weighted by atomic mass is 35.5. The Morgan fingerprint density at radius 3 is 2.33 bits per heavy atom. The summed E-state index contributed by atoms with van der Waals surface area (Å²) in [6.07, 6.45) is 0.288. The number of hydrogen-bond donors (Lipinski definition) is 0. The minimum Gasteiger partial charge on any atom is -0.468 e. The lowest BCUT2D eigenvalue weighted by Gasteiger charge is -2.19. The monoisotopic (exact) mass is 234 g/mol. The van der Waals surface area contributed by atoms with Gasteiger partial charge in [-0.2, -0.15) is 0 Å². The van der Waals surface area contributed by atoms with Gasteiger partial charge < -0.3 is 9.47 Å². The third-order valence-corrected chi connectivity index (χ3v) is 2.68. The Kier molecular flexibility index (Phi) is 3.01. The van der Waals surface area contributed by atoms with Crippen molar-refractivity contribution in [3.63, 3.8) is 0 Å². The number of rotatable bonds is 2. The molecular formula is C10H15ClO4. The molecule has 0 spiro atoms. The molecule has 2 atom stereocenters. The molecule has 1 rings (SSSR count). The number of methoxy groups -OCH3 is 1. The normalized spacial score (nSPS) is 29.5. The third-order valence-electron chi connectivity index (χ3n) is 2.11. The van der Waals surface area contributed by atoms with E-state index in [-0.39, 0.29) is 6.42 Å². The van der Waals surface area contributed by atoms with Crippen molar-refractivity contribution in [2.24, 2.45) is 5.92 Å². The van der Waals surface area contributed by atoms with Crippen LogP contribution in [-0.4, -0.2) is 29.5 Å². The van der Waals surface area contributed by atoms with Crippen LogP contribution in [0, 0.1) is 5.92 Å². The molecule has 0 aromatic carbocycles. The molecule has 0 amide bonds. The van der Waals surface area contributed by atoms with Gasteiger partial charge in [-0.25, -0.2) is 0 Å². The van der Waals surface area contributed by atoms with Gasteiger partial charge in [0.1, 0.15) is 5.60 Å². The molecule has 0 aromatic rings. The molecule has 0 radical (unpaired) electrons. The van der Waals surface area contributed by atoms with E-state index < -0.39 is 28.3 Å². The summed E-state index contributed by atoms with van der Waals surface area (Å²) in [4.78, 5) is 21.6. The summed E-state index contributed by atoms with van der Waals surface area (Å²) >= 11 is 5.91. The first-order valence-corrected chi connectivity index (χ1v) is 5.08. The Bertz CT molecular complexity index is 294. The Hall–Kier alpha value is -0.770. The standard InChI is InChI=1S/C10H15ClO4/c1-9(2,3)15-7(12)6-5-10(6,11)8(13)14-4/h6H,5H2,1-4H3. The topological polar surface area (TPSA) is 52.6 Å². The predicted molar refractivity (Wildman–Crippen MR) is 54.6 cm³/mol. The van der Waals surface area contributed by atoms with Gasteiger partial charge in [0.2, 0.25) is 0 Å². The second-order valence-electron chi connectivity index (χ2n) is 4.64. The zero-order valence-electron chi connectivity index (χ0n) is 9.30. The maximum Gasteiger partial charge on any atom is 0.327 e. The molecule has 86 valence electrons. The first-order valence-electron chi connectivity index (χ1n) is 4.71. The van der Waals surface area contributed by atoms with Crippen molar-refractivity contribution in [2.45, 2.75) is 37.7 Å². The van der Waals surface area contributed by atoms with E-state index in [0.717, 1.165) is 0 Å². The van der Waals surface area contributed by atoms with Crippen molar-refractivity contribution < 1.29 is 19.1 Å². The van der Waals surface area contributed by atoms with Gasteiger partial charge in [-0.15, -0.1) is 11.6 Å². The first kappa shape index (κ1) is 12.3. The fourth-order valence-corrected chi connectivity index (χ4v) is 1.60. The molecule has 1 fully saturated rings. The highest BCUT2D eigenvalue weighted by molar-refractivity contribution is 6.38. The van der Waals surface area contributed by atoms with Crippen molar-refractivity contribution in [3.8, 4) is 0 Å². The Balaban J connectivity index is 2.57. The fourth-order valence-electron chi connectivity index (χ4n) is 1.28. The van der Waals surface area contributed by atoms with Crippen molar-refractivity contribution >= 4 is 23.5 Å². The van der Waals surface area contributed by atoms with Crippen LogP contribution in [-0.2, 0) is 19.1 Å². The molecule has 0 bridgehead atoms. The summed E-state index contributed by atoms with van der Waals surface area (Å²) in [7, 11) is 1.25. The van der Waals surface area contributed by atoms with Crippen LogP contribution in [0.2, 0.25) is 0 Å². The van der Waals surface area contributed by atoms with Crippen LogP contribution in [0.5, 0.6) is 0 Å². The minimum atomic E-state index is -1.20. The lowest BCUT2D eigenvalue weighted by Crippen LogP contribution is -2.29. The predicted octanol–water partition coefficient (Wildman–Crippen LogP) is 1.50. The minimum absolute atomic E-state index is 0.288. The lowest BCUT2D eigenvalue weighted by atomic mass is 10.2. The van der Waals surface area contributed by atoms with Crippen molar-refractivity contribution in [2.75, 3.05) is 7.11 Å².